The third-order valence-corrected chi connectivity index (χ3v) is 5.56. The Morgan fingerprint density at radius 3 is 2.57 bits per heavy atom. The number of rotatable bonds is 6. The topological polar surface area (TPSA) is 98.0 Å². The maximum absolute atomic E-state index is 12.5. The standard InChI is InChI=1S/C13H18N4O2S2/c1-3-10-6-5-9(8-14)7-11(10)21(18,19)17-13-16-15-12(4-2)20-13/h5-7H,3-4,8,14H2,1-2H3,(H,16,17). The molecule has 0 unspecified atom stereocenters. The summed E-state index contributed by atoms with van der Waals surface area (Å²) in [6, 6.07) is 5.26. The summed E-state index contributed by atoms with van der Waals surface area (Å²) < 4.78 is 27.6. The summed E-state index contributed by atoms with van der Waals surface area (Å²) >= 11 is 1.24. The number of nitrogens with zero attached hydrogens (tertiary/aromatic N) is 2. The molecule has 2 aromatic rings. The van der Waals surface area contributed by atoms with Crippen LogP contribution in [0.4, 0.5) is 5.13 Å². The first-order chi connectivity index (χ1) is 10.00. The van der Waals surface area contributed by atoms with E-state index in [-0.39, 0.29) is 10.0 Å². The molecule has 8 heteroatoms. The van der Waals surface area contributed by atoms with Gasteiger partial charge in [0.25, 0.3) is 10.0 Å². The molecule has 0 atom stereocenters. The number of anilines is 1. The number of aryl methyl sites for hydroxylation is 2. The third-order valence-electron chi connectivity index (χ3n) is 3.03. The van der Waals surface area contributed by atoms with Crippen LogP contribution in [0.25, 0.3) is 0 Å². The molecular formula is C13H18N4O2S2. The second-order valence-electron chi connectivity index (χ2n) is 4.46. The molecule has 3 N–H and O–H groups in total. The van der Waals surface area contributed by atoms with E-state index in [1.807, 2.05) is 19.9 Å². The summed E-state index contributed by atoms with van der Waals surface area (Å²) in [6.07, 6.45) is 1.35. The van der Waals surface area contributed by atoms with Gasteiger partial charge in [0, 0.05) is 6.54 Å². The zero-order valence-electron chi connectivity index (χ0n) is 12.0. The summed E-state index contributed by atoms with van der Waals surface area (Å²) in [4.78, 5) is 0.251. The lowest BCUT2D eigenvalue weighted by Crippen LogP contribution is -2.15. The van der Waals surface area contributed by atoms with Crippen molar-refractivity contribution < 1.29 is 8.42 Å². The van der Waals surface area contributed by atoms with Gasteiger partial charge in [-0.3, -0.25) is 4.72 Å². The molecule has 0 spiro atoms. The minimum Gasteiger partial charge on any atom is -0.326 e. The maximum atomic E-state index is 12.5. The highest BCUT2D eigenvalue weighted by atomic mass is 32.2. The molecule has 6 nitrogen and oxygen atoms in total. The van der Waals surface area contributed by atoms with Crippen molar-refractivity contribution in [2.45, 2.75) is 38.1 Å². The highest BCUT2D eigenvalue weighted by Gasteiger charge is 2.20. The second kappa shape index (κ2) is 6.50. The Hall–Kier alpha value is -1.51. The normalized spacial score (nSPS) is 11.6. The number of hydrogen-bond donors (Lipinski definition) is 2. The van der Waals surface area contributed by atoms with Crippen LogP contribution in [0.3, 0.4) is 0 Å². The van der Waals surface area contributed by atoms with Gasteiger partial charge in [0.15, 0.2) is 0 Å². The first kappa shape index (κ1) is 15.9. The largest absolute Gasteiger partial charge is 0.326 e. The van der Waals surface area contributed by atoms with E-state index < -0.39 is 10.0 Å². The van der Waals surface area contributed by atoms with Gasteiger partial charge < -0.3 is 5.73 Å². The van der Waals surface area contributed by atoms with Gasteiger partial charge in [-0.15, -0.1) is 10.2 Å². The molecule has 114 valence electrons. The molecule has 0 fully saturated rings. The van der Waals surface area contributed by atoms with Crippen molar-refractivity contribution in [2.75, 3.05) is 4.72 Å². The zero-order valence-corrected chi connectivity index (χ0v) is 13.6. The van der Waals surface area contributed by atoms with Gasteiger partial charge in [0.05, 0.1) is 4.90 Å². The number of nitrogens with two attached hydrogens (primary N) is 1. The van der Waals surface area contributed by atoms with Crippen molar-refractivity contribution in [3.05, 3.63) is 34.3 Å². The highest BCUT2D eigenvalue weighted by Crippen LogP contribution is 2.23. The van der Waals surface area contributed by atoms with Crippen molar-refractivity contribution in [1.29, 1.82) is 0 Å². The fraction of sp³-hybridized carbons (Fsp3) is 0.385. The molecule has 0 bridgehead atoms. The van der Waals surface area contributed by atoms with E-state index in [1.54, 1.807) is 12.1 Å². The van der Waals surface area contributed by atoms with E-state index >= 15 is 0 Å². The molecule has 0 aliphatic carbocycles. The molecule has 0 saturated heterocycles. The number of nitrogens with one attached hydrogen (secondary N) is 1. The van der Waals surface area contributed by atoms with E-state index in [2.05, 4.69) is 14.9 Å². The van der Waals surface area contributed by atoms with Crippen molar-refractivity contribution in [1.82, 2.24) is 10.2 Å². The van der Waals surface area contributed by atoms with Crippen molar-refractivity contribution in [2.24, 2.45) is 5.73 Å². The van der Waals surface area contributed by atoms with Crippen LogP contribution in [0.1, 0.15) is 30.0 Å². The number of hydrogen-bond acceptors (Lipinski definition) is 6. The van der Waals surface area contributed by atoms with Crippen molar-refractivity contribution in [3.63, 3.8) is 0 Å². The van der Waals surface area contributed by atoms with Crippen LogP contribution in [-0.4, -0.2) is 18.6 Å². The lowest BCUT2D eigenvalue weighted by atomic mass is 10.1. The van der Waals surface area contributed by atoms with Crippen LogP contribution in [0.5, 0.6) is 0 Å². The van der Waals surface area contributed by atoms with E-state index in [0.717, 1.165) is 22.6 Å². The third kappa shape index (κ3) is 3.58. The summed E-state index contributed by atoms with van der Waals surface area (Å²) in [5.41, 5.74) is 7.12. The van der Waals surface area contributed by atoms with Gasteiger partial charge in [-0.1, -0.05) is 37.3 Å². The first-order valence-corrected chi connectivity index (χ1v) is 8.97. The highest BCUT2D eigenvalue weighted by molar-refractivity contribution is 7.93. The lowest BCUT2D eigenvalue weighted by Gasteiger charge is -2.11. The Balaban J connectivity index is 2.38. The molecule has 2 rings (SSSR count). The van der Waals surface area contributed by atoms with Gasteiger partial charge in [-0.05, 0) is 30.0 Å². The average Bonchev–Trinajstić information content (AvgIpc) is 2.93. The predicted octanol–water partition coefficient (Wildman–Crippen LogP) is 1.92. The number of benzene rings is 1. The molecule has 1 heterocycles. The van der Waals surface area contributed by atoms with Gasteiger partial charge in [-0.2, -0.15) is 0 Å². The van der Waals surface area contributed by atoms with Crippen LogP contribution in [0, 0.1) is 0 Å². The molecule has 0 amide bonds. The van der Waals surface area contributed by atoms with Crippen molar-refractivity contribution in [3.8, 4) is 0 Å². The van der Waals surface area contributed by atoms with Gasteiger partial charge in [0.1, 0.15) is 5.01 Å². The van der Waals surface area contributed by atoms with E-state index in [9.17, 15) is 8.42 Å². The van der Waals surface area contributed by atoms with E-state index in [1.165, 1.54) is 11.3 Å². The van der Waals surface area contributed by atoms with Crippen LogP contribution >= 0.6 is 11.3 Å². The van der Waals surface area contributed by atoms with Gasteiger partial charge in [-0.25, -0.2) is 8.42 Å². The first-order valence-electron chi connectivity index (χ1n) is 6.67. The van der Waals surface area contributed by atoms with Crippen LogP contribution in [0.2, 0.25) is 0 Å². The Bertz CT molecular complexity index is 726. The van der Waals surface area contributed by atoms with Crippen LogP contribution in [-0.2, 0) is 29.4 Å². The predicted molar refractivity (Wildman–Crippen MR) is 83.8 cm³/mol. The maximum Gasteiger partial charge on any atom is 0.263 e. The number of aromatic nitrogens is 2. The molecule has 1 aromatic carbocycles. The molecule has 0 aliphatic rings. The Kier molecular flexibility index (Phi) is 4.92. The minimum atomic E-state index is -3.68. The van der Waals surface area contributed by atoms with Crippen molar-refractivity contribution >= 4 is 26.5 Å². The average molecular weight is 326 g/mol. The van der Waals surface area contributed by atoms with Crippen LogP contribution < -0.4 is 10.5 Å². The van der Waals surface area contributed by atoms with Gasteiger partial charge >= 0.3 is 0 Å². The Labute approximate surface area is 128 Å². The summed E-state index contributed by atoms with van der Waals surface area (Å²) in [5, 5.41) is 8.83. The fourth-order valence-corrected chi connectivity index (χ4v) is 4.15. The van der Waals surface area contributed by atoms with Crippen LogP contribution in [0.15, 0.2) is 23.1 Å². The SMILES string of the molecule is CCc1nnc(NS(=O)(=O)c2cc(CN)ccc2CC)s1. The molecule has 0 radical (unpaired) electrons. The second-order valence-corrected chi connectivity index (χ2v) is 7.17. The molecule has 1 aromatic heterocycles. The molecule has 0 saturated carbocycles. The molecular weight excluding hydrogens is 308 g/mol. The van der Waals surface area contributed by atoms with Gasteiger partial charge in [0.2, 0.25) is 5.13 Å². The fourth-order valence-electron chi connectivity index (χ4n) is 1.88. The smallest absolute Gasteiger partial charge is 0.263 e. The summed E-state index contributed by atoms with van der Waals surface area (Å²) in [6.45, 7) is 4.15. The Morgan fingerprint density at radius 2 is 2.00 bits per heavy atom. The zero-order chi connectivity index (χ0) is 15.5. The summed E-state index contributed by atoms with van der Waals surface area (Å²) in [5.74, 6) is 0. The minimum absolute atomic E-state index is 0.251. The molecule has 0 aliphatic heterocycles. The quantitative estimate of drug-likeness (QED) is 0.845. The number of sulfonamides is 1. The monoisotopic (exact) mass is 326 g/mol. The lowest BCUT2D eigenvalue weighted by molar-refractivity contribution is 0.600. The molecule has 21 heavy (non-hydrogen) atoms. The van der Waals surface area contributed by atoms with E-state index in [0.29, 0.717) is 13.0 Å². The van der Waals surface area contributed by atoms with E-state index in [4.69, 9.17) is 5.73 Å². The summed E-state index contributed by atoms with van der Waals surface area (Å²) in [7, 11) is -3.68. The Morgan fingerprint density at radius 1 is 1.24 bits per heavy atom.